The van der Waals surface area contributed by atoms with Crippen LogP contribution in [-0.4, -0.2) is 57.7 Å². The zero-order chi connectivity index (χ0) is 19.4. The number of amides is 1. The van der Waals surface area contributed by atoms with E-state index in [1.165, 1.54) is 0 Å². The minimum absolute atomic E-state index is 0.0304. The third-order valence-corrected chi connectivity index (χ3v) is 6.76. The van der Waals surface area contributed by atoms with Gasteiger partial charge in [-0.1, -0.05) is 22.4 Å². The van der Waals surface area contributed by atoms with E-state index < -0.39 is 11.6 Å². The normalized spacial score (nSPS) is 31.2. The first kappa shape index (κ1) is 17.7. The quantitative estimate of drug-likeness (QED) is 0.807. The number of hydrogen-bond donors (Lipinski definition) is 0. The smallest absolute Gasteiger partial charge is 0.229 e. The van der Waals surface area contributed by atoms with E-state index in [0.29, 0.717) is 29.4 Å². The molecule has 5 heterocycles. The summed E-state index contributed by atoms with van der Waals surface area (Å²) in [5.41, 5.74) is 1.51. The molecule has 4 aliphatic rings. The highest BCUT2D eigenvalue weighted by molar-refractivity contribution is 5.79. The number of nitrogens with zero attached hydrogens (tertiary/aromatic N) is 4. The maximum atomic E-state index is 14.6. The Kier molecular flexibility index (Phi) is 4.19. The van der Waals surface area contributed by atoms with Crippen LogP contribution in [0.15, 0.2) is 22.8 Å². The van der Waals surface area contributed by atoms with Crippen molar-refractivity contribution >= 4 is 5.91 Å². The second-order valence-electron chi connectivity index (χ2n) is 8.12. The Balaban J connectivity index is 1.49. The minimum Gasteiger partial charge on any atom is -0.337 e. The number of benzene rings is 1. The second kappa shape index (κ2) is 6.62. The van der Waals surface area contributed by atoms with Crippen LogP contribution in [-0.2, 0) is 11.2 Å². The molecule has 3 unspecified atom stereocenters. The average Bonchev–Trinajstić information content (AvgIpc) is 3.30. The van der Waals surface area contributed by atoms with Crippen molar-refractivity contribution in [2.45, 2.75) is 44.2 Å². The van der Waals surface area contributed by atoms with E-state index in [1.54, 1.807) is 19.1 Å². The van der Waals surface area contributed by atoms with Gasteiger partial charge in [-0.15, -0.1) is 0 Å². The molecule has 2 bridgehead atoms. The summed E-state index contributed by atoms with van der Waals surface area (Å²) in [6.07, 6.45) is 2.19. The zero-order valence-electron chi connectivity index (χ0n) is 15.6. The lowest BCUT2D eigenvalue weighted by Gasteiger charge is -2.51. The number of aryl methyl sites for hydroxylation is 1. The van der Waals surface area contributed by atoms with E-state index in [0.717, 1.165) is 32.0 Å². The van der Waals surface area contributed by atoms with E-state index >= 15 is 0 Å². The first-order valence-corrected chi connectivity index (χ1v) is 9.80. The monoisotopic (exact) mass is 388 g/mol. The Morgan fingerprint density at radius 1 is 1.21 bits per heavy atom. The van der Waals surface area contributed by atoms with Gasteiger partial charge in [0.15, 0.2) is 11.6 Å². The number of rotatable bonds is 3. The molecule has 28 heavy (non-hydrogen) atoms. The van der Waals surface area contributed by atoms with Crippen molar-refractivity contribution in [3.8, 4) is 0 Å². The number of aromatic nitrogens is 2. The standard InChI is InChI=1S/C20H22F2N4O2/c1-11-16(24-28-23-11)9-17(27)26-10-14(13-3-2-4-15(21)18(13)22)20-19(26)12-5-7-25(20)8-6-12/h2-4,12,14,19-20H,5-10H2,1H3. The van der Waals surface area contributed by atoms with Crippen LogP contribution in [0.3, 0.4) is 0 Å². The Hall–Kier alpha value is -2.35. The van der Waals surface area contributed by atoms with Gasteiger partial charge in [-0.25, -0.2) is 13.4 Å². The summed E-state index contributed by atoms with van der Waals surface area (Å²) in [6, 6.07) is 4.41. The SMILES string of the molecule is Cc1nonc1CC(=O)N1CC(c2cccc(F)c2F)C2C1C1CCN2CC1. The molecule has 6 rings (SSSR count). The average molecular weight is 388 g/mol. The molecule has 148 valence electrons. The van der Waals surface area contributed by atoms with Crippen LogP contribution in [0.1, 0.15) is 35.7 Å². The number of fused-ring (bicyclic) bond motifs is 2. The van der Waals surface area contributed by atoms with Crippen LogP contribution in [0.25, 0.3) is 0 Å². The van der Waals surface area contributed by atoms with Crippen molar-refractivity contribution in [3.63, 3.8) is 0 Å². The van der Waals surface area contributed by atoms with Crippen molar-refractivity contribution in [1.82, 2.24) is 20.1 Å². The van der Waals surface area contributed by atoms with Gasteiger partial charge < -0.3 is 4.90 Å². The van der Waals surface area contributed by atoms with E-state index in [1.807, 2.05) is 4.90 Å². The summed E-state index contributed by atoms with van der Waals surface area (Å²) in [5, 5.41) is 7.57. The topological polar surface area (TPSA) is 62.5 Å². The van der Waals surface area contributed by atoms with E-state index in [-0.39, 0.29) is 30.3 Å². The lowest BCUT2D eigenvalue weighted by molar-refractivity contribution is -0.135. The summed E-state index contributed by atoms with van der Waals surface area (Å²) < 4.78 is 33.2. The molecule has 3 atom stereocenters. The van der Waals surface area contributed by atoms with Crippen LogP contribution < -0.4 is 0 Å². The molecule has 1 aromatic carbocycles. The maximum absolute atomic E-state index is 14.6. The van der Waals surface area contributed by atoms with Crippen LogP contribution in [0.2, 0.25) is 0 Å². The maximum Gasteiger partial charge on any atom is 0.229 e. The molecular weight excluding hydrogens is 366 g/mol. The van der Waals surface area contributed by atoms with Crippen LogP contribution in [0, 0.1) is 24.5 Å². The van der Waals surface area contributed by atoms with Gasteiger partial charge in [-0.2, -0.15) is 0 Å². The molecule has 2 aromatic rings. The number of hydrogen-bond acceptors (Lipinski definition) is 5. The van der Waals surface area contributed by atoms with Gasteiger partial charge in [0, 0.05) is 18.5 Å². The third-order valence-electron chi connectivity index (χ3n) is 6.76. The van der Waals surface area contributed by atoms with Gasteiger partial charge in [0.2, 0.25) is 5.91 Å². The van der Waals surface area contributed by atoms with Crippen LogP contribution in [0.5, 0.6) is 0 Å². The predicted octanol–water partition coefficient (Wildman–Crippen LogP) is 2.29. The largest absolute Gasteiger partial charge is 0.337 e. The van der Waals surface area contributed by atoms with Gasteiger partial charge in [-0.05, 0) is 50.4 Å². The highest BCUT2D eigenvalue weighted by Gasteiger charge is 2.55. The number of carbonyl (C=O) groups is 1. The molecule has 4 aliphatic heterocycles. The van der Waals surface area contributed by atoms with E-state index in [4.69, 9.17) is 4.63 Å². The lowest BCUT2D eigenvalue weighted by Crippen LogP contribution is -2.60. The van der Waals surface area contributed by atoms with E-state index in [9.17, 15) is 13.6 Å². The molecular formula is C20H22F2N4O2. The Morgan fingerprint density at radius 3 is 2.71 bits per heavy atom. The van der Waals surface area contributed by atoms with Crippen LogP contribution in [0.4, 0.5) is 8.78 Å². The van der Waals surface area contributed by atoms with Crippen molar-refractivity contribution in [3.05, 3.63) is 46.8 Å². The molecule has 0 N–H and O–H groups in total. The number of likely N-dealkylation sites (tertiary alicyclic amines) is 1. The number of halogens is 2. The Bertz CT molecular complexity index is 909. The molecule has 0 saturated carbocycles. The minimum atomic E-state index is -0.834. The van der Waals surface area contributed by atoms with Crippen molar-refractivity contribution < 1.29 is 18.2 Å². The molecule has 1 aromatic heterocycles. The van der Waals surface area contributed by atoms with Gasteiger partial charge >= 0.3 is 0 Å². The first-order valence-electron chi connectivity index (χ1n) is 9.80. The second-order valence-corrected chi connectivity index (χ2v) is 8.12. The summed E-state index contributed by atoms with van der Waals surface area (Å²) in [7, 11) is 0. The van der Waals surface area contributed by atoms with Crippen molar-refractivity contribution in [2.75, 3.05) is 19.6 Å². The van der Waals surface area contributed by atoms with Crippen LogP contribution >= 0.6 is 0 Å². The summed E-state index contributed by atoms with van der Waals surface area (Å²) in [6.45, 7) is 4.05. The highest BCUT2D eigenvalue weighted by atomic mass is 19.2. The van der Waals surface area contributed by atoms with Gasteiger partial charge in [0.1, 0.15) is 11.4 Å². The van der Waals surface area contributed by atoms with Crippen molar-refractivity contribution in [2.24, 2.45) is 5.92 Å². The van der Waals surface area contributed by atoms with Gasteiger partial charge in [-0.3, -0.25) is 9.69 Å². The van der Waals surface area contributed by atoms with Gasteiger partial charge in [0.25, 0.3) is 0 Å². The number of carbonyl (C=O) groups excluding carboxylic acids is 1. The van der Waals surface area contributed by atoms with E-state index in [2.05, 4.69) is 15.2 Å². The fraction of sp³-hybridized carbons (Fsp3) is 0.550. The molecule has 0 aliphatic carbocycles. The zero-order valence-corrected chi connectivity index (χ0v) is 15.6. The molecule has 4 fully saturated rings. The fourth-order valence-electron chi connectivity index (χ4n) is 5.44. The fourth-order valence-corrected chi connectivity index (χ4v) is 5.44. The first-order chi connectivity index (χ1) is 13.5. The highest BCUT2D eigenvalue weighted by Crippen LogP contribution is 2.47. The van der Waals surface area contributed by atoms with Crippen molar-refractivity contribution in [1.29, 1.82) is 0 Å². The Morgan fingerprint density at radius 2 is 2.00 bits per heavy atom. The molecule has 8 heteroatoms. The molecule has 0 spiro atoms. The molecule has 0 radical (unpaired) electrons. The third kappa shape index (κ3) is 2.65. The predicted molar refractivity (Wildman–Crippen MR) is 95.4 cm³/mol. The molecule has 4 saturated heterocycles. The Labute approximate surface area is 161 Å². The summed E-state index contributed by atoms with van der Waals surface area (Å²) >= 11 is 0. The molecule has 6 nitrogen and oxygen atoms in total. The van der Waals surface area contributed by atoms with Gasteiger partial charge in [0.05, 0.1) is 12.5 Å². The molecule has 1 amide bonds. The summed E-state index contributed by atoms with van der Waals surface area (Å²) in [4.78, 5) is 17.4. The number of piperidine rings is 3. The lowest BCUT2D eigenvalue weighted by atomic mass is 9.75. The summed E-state index contributed by atoms with van der Waals surface area (Å²) in [5.74, 6) is -1.51.